The normalized spacial score (nSPS) is 14.0. The molecule has 0 fully saturated rings. The highest BCUT2D eigenvalue weighted by molar-refractivity contribution is 5.95. The van der Waals surface area contributed by atoms with E-state index in [-0.39, 0.29) is 11.3 Å². The van der Waals surface area contributed by atoms with Gasteiger partial charge in [0.1, 0.15) is 6.10 Å². The molecule has 0 aliphatic carbocycles. The van der Waals surface area contributed by atoms with Crippen molar-refractivity contribution in [3.8, 4) is 6.07 Å². The van der Waals surface area contributed by atoms with E-state index < -0.39 is 12.2 Å². The van der Waals surface area contributed by atoms with Gasteiger partial charge < -0.3 is 10.2 Å². The van der Waals surface area contributed by atoms with Crippen molar-refractivity contribution in [3.05, 3.63) is 35.4 Å². The number of carbonyl (C=O) groups excluding carboxylic acids is 1. The Hall–Kier alpha value is -1.70. The third-order valence-electron chi connectivity index (χ3n) is 2.09. The third-order valence-corrected chi connectivity index (χ3v) is 2.09. The van der Waals surface area contributed by atoms with Gasteiger partial charge in [0.25, 0.3) is 0 Å². The zero-order chi connectivity index (χ0) is 11.4. The number of Topliss-reactive ketones (excluding diaryl/α,β-unsaturated/α-hetero) is 1. The first-order valence-corrected chi connectivity index (χ1v) is 4.43. The molecule has 0 spiro atoms. The number of aliphatic hydroxyl groups is 2. The van der Waals surface area contributed by atoms with Gasteiger partial charge in [0.2, 0.25) is 0 Å². The maximum atomic E-state index is 11.2. The zero-order valence-electron chi connectivity index (χ0n) is 8.21. The van der Waals surface area contributed by atoms with Gasteiger partial charge in [-0.25, -0.2) is 0 Å². The van der Waals surface area contributed by atoms with Gasteiger partial charge in [-0.05, 0) is 12.5 Å². The molecule has 0 heterocycles. The van der Waals surface area contributed by atoms with E-state index in [1.807, 2.05) is 0 Å². The molecule has 0 aliphatic rings. The fraction of sp³-hybridized carbons (Fsp3) is 0.273. The van der Waals surface area contributed by atoms with Crippen LogP contribution in [0.3, 0.4) is 0 Å². The van der Waals surface area contributed by atoms with Crippen LogP contribution in [0.25, 0.3) is 0 Å². The summed E-state index contributed by atoms with van der Waals surface area (Å²) >= 11 is 0. The molecule has 0 saturated heterocycles. The summed E-state index contributed by atoms with van der Waals surface area (Å²) < 4.78 is 0. The van der Waals surface area contributed by atoms with Crippen LogP contribution < -0.4 is 0 Å². The van der Waals surface area contributed by atoms with Gasteiger partial charge in [0.05, 0.1) is 6.07 Å². The molecule has 0 amide bonds. The molecule has 1 aromatic rings. The minimum absolute atomic E-state index is 0.213. The molecule has 4 heteroatoms. The fourth-order valence-electron chi connectivity index (χ4n) is 1.32. The van der Waals surface area contributed by atoms with Gasteiger partial charge in [-0.3, -0.25) is 4.79 Å². The quantitative estimate of drug-likeness (QED) is 0.565. The highest BCUT2D eigenvalue weighted by Crippen LogP contribution is 2.21. The molecule has 0 aliphatic heterocycles. The average Bonchev–Trinajstić information content (AvgIpc) is 2.27. The van der Waals surface area contributed by atoms with E-state index in [1.54, 1.807) is 18.2 Å². The SMILES string of the molecule is CC(=O)c1ccccc1C(O)C(O)C#N. The molecule has 0 bridgehead atoms. The first kappa shape index (κ1) is 11.4. The van der Waals surface area contributed by atoms with Crippen LogP contribution in [-0.2, 0) is 0 Å². The second-order valence-electron chi connectivity index (χ2n) is 3.16. The zero-order valence-corrected chi connectivity index (χ0v) is 8.21. The number of aliphatic hydroxyl groups excluding tert-OH is 2. The second kappa shape index (κ2) is 4.69. The van der Waals surface area contributed by atoms with E-state index in [9.17, 15) is 9.90 Å². The Kier molecular flexibility index (Phi) is 3.56. The number of nitrogens with zero attached hydrogens (tertiary/aromatic N) is 1. The highest BCUT2D eigenvalue weighted by Gasteiger charge is 2.21. The first-order valence-electron chi connectivity index (χ1n) is 4.43. The lowest BCUT2D eigenvalue weighted by Gasteiger charge is -2.14. The summed E-state index contributed by atoms with van der Waals surface area (Å²) in [6, 6.07) is 7.88. The molecule has 1 rings (SSSR count). The van der Waals surface area contributed by atoms with E-state index in [1.165, 1.54) is 19.1 Å². The Labute approximate surface area is 87.4 Å². The van der Waals surface area contributed by atoms with Crippen molar-refractivity contribution in [1.82, 2.24) is 0 Å². The second-order valence-corrected chi connectivity index (χ2v) is 3.16. The number of hydrogen-bond donors (Lipinski definition) is 2. The van der Waals surface area contributed by atoms with Crippen LogP contribution >= 0.6 is 0 Å². The largest absolute Gasteiger partial charge is 0.385 e. The predicted molar refractivity (Wildman–Crippen MR) is 53.0 cm³/mol. The lowest BCUT2D eigenvalue weighted by Crippen LogP contribution is -2.18. The summed E-state index contributed by atoms with van der Waals surface area (Å²) in [6.45, 7) is 1.37. The molecule has 0 aromatic heterocycles. The maximum absolute atomic E-state index is 11.2. The number of hydrogen-bond acceptors (Lipinski definition) is 4. The number of carbonyl (C=O) groups is 1. The smallest absolute Gasteiger partial charge is 0.170 e. The summed E-state index contributed by atoms with van der Waals surface area (Å²) in [5.74, 6) is -0.213. The van der Waals surface area contributed by atoms with E-state index in [4.69, 9.17) is 10.4 Å². The Morgan fingerprint density at radius 2 is 2.00 bits per heavy atom. The molecular weight excluding hydrogens is 194 g/mol. The monoisotopic (exact) mass is 205 g/mol. The van der Waals surface area contributed by atoms with Crippen LogP contribution in [0.1, 0.15) is 28.9 Å². The summed E-state index contributed by atoms with van der Waals surface area (Å²) in [6.07, 6.45) is -2.87. The predicted octanol–water partition coefficient (Wildman–Crippen LogP) is 0.807. The van der Waals surface area contributed by atoms with Crippen molar-refractivity contribution in [2.75, 3.05) is 0 Å². The van der Waals surface area contributed by atoms with E-state index in [0.717, 1.165) is 0 Å². The maximum Gasteiger partial charge on any atom is 0.170 e. The minimum atomic E-state index is -1.52. The summed E-state index contributed by atoms with van der Waals surface area (Å²) in [5, 5.41) is 27.2. The van der Waals surface area contributed by atoms with Gasteiger partial charge in [-0.2, -0.15) is 5.26 Å². The lowest BCUT2D eigenvalue weighted by molar-refractivity contribution is 0.0519. The van der Waals surface area contributed by atoms with Crippen molar-refractivity contribution in [2.24, 2.45) is 0 Å². The molecular formula is C11H11NO3. The summed E-state index contributed by atoms with van der Waals surface area (Å²) in [7, 11) is 0. The van der Waals surface area contributed by atoms with Gasteiger partial charge in [-0.1, -0.05) is 24.3 Å². The number of benzene rings is 1. The Morgan fingerprint density at radius 1 is 1.40 bits per heavy atom. The number of nitriles is 1. The number of ketones is 1. The molecule has 2 unspecified atom stereocenters. The Bertz CT molecular complexity index is 409. The Balaban J connectivity index is 3.14. The lowest BCUT2D eigenvalue weighted by atomic mass is 9.97. The van der Waals surface area contributed by atoms with Crippen LogP contribution in [-0.4, -0.2) is 22.1 Å². The average molecular weight is 205 g/mol. The van der Waals surface area contributed by atoms with Crippen molar-refractivity contribution in [1.29, 1.82) is 5.26 Å². The molecule has 1 aromatic carbocycles. The molecule has 4 nitrogen and oxygen atoms in total. The van der Waals surface area contributed by atoms with Crippen LogP contribution in [0.2, 0.25) is 0 Å². The number of rotatable bonds is 3. The van der Waals surface area contributed by atoms with E-state index in [0.29, 0.717) is 5.56 Å². The summed E-state index contributed by atoms with van der Waals surface area (Å²) in [4.78, 5) is 11.2. The molecule has 0 saturated carbocycles. The topological polar surface area (TPSA) is 81.3 Å². The third kappa shape index (κ3) is 2.40. The van der Waals surface area contributed by atoms with Crippen LogP contribution in [0.4, 0.5) is 0 Å². The Morgan fingerprint density at radius 3 is 2.53 bits per heavy atom. The minimum Gasteiger partial charge on any atom is -0.385 e. The standard InChI is InChI=1S/C11H11NO3/c1-7(13)8-4-2-3-5-9(8)11(15)10(14)6-12/h2-5,10-11,14-15H,1H3. The van der Waals surface area contributed by atoms with Crippen molar-refractivity contribution < 1.29 is 15.0 Å². The van der Waals surface area contributed by atoms with Gasteiger partial charge in [-0.15, -0.1) is 0 Å². The van der Waals surface area contributed by atoms with Crippen molar-refractivity contribution >= 4 is 5.78 Å². The van der Waals surface area contributed by atoms with Crippen molar-refractivity contribution in [2.45, 2.75) is 19.1 Å². The highest BCUT2D eigenvalue weighted by atomic mass is 16.3. The van der Waals surface area contributed by atoms with Gasteiger partial charge >= 0.3 is 0 Å². The van der Waals surface area contributed by atoms with Crippen LogP contribution in [0.15, 0.2) is 24.3 Å². The molecule has 2 N–H and O–H groups in total. The summed E-state index contributed by atoms with van der Waals surface area (Å²) in [5.41, 5.74) is 0.596. The van der Waals surface area contributed by atoms with Crippen molar-refractivity contribution in [3.63, 3.8) is 0 Å². The van der Waals surface area contributed by atoms with Crippen LogP contribution in [0, 0.1) is 11.3 Å². The molecule has 2 atom stereocenters. The van der Waals surface area contributed by atoms with Gasteiger partial charge in [0, 0.05) is 5.56 Å². The van der Waals surface area contributed by atoms with Crippen LogP contribution in [0.5, 0.6) is 0 Å². The van der Waals surface area contributed by atoms with Gasteiger partial charge in [0.15, 0.2) is 11.9 Å². The first-order chi connectivity index (χ1) is 7.07. The van der Waals surface area contributed by atoms with E-state index in [2.05, 4.69) is 0 Å². The molecule has 78 valence electrons. The fourth-order valence-corrected chi connectivity index (χ4v) is 1.32. The molecule has 0 radical (unpaired) electrons. The molecule has 15 heavy (non-hydrogen) atoms. The van der Waals surface area contributed by atoms with E-state index >= 15 is 0 Å².